The van der Waals surface area contributed by atoms with Crippen molar-refractivity contribution in [1.29, 1.82) is 0 Å². The van der Waals surface area contributed by atoms with Crippen molar-refractivity contribution < 1.29 is 9.59 Å². The molecule has 0 aliphatic carbocycles. The highest BCUT2D eigenvalue weighted by atomic mass is 32.1. The third-order valence-electron chi connectivity index (χ3n) is 5.12. The fourth-order valence-electron chi connectivity index (χ4n) is 3.96. The van der Waals surface area contributed by atoms with Crippen molar-refractivity contribution in [2.75, 3.05) is 13.1 Å². The van der Waals surface area contributed by atoms with Gasteiger partial charge in [0.2, 0.25) is 5.91 Å². The van der Waals surface area contributed by atoms with E-state index < -0.39 is 0 Å². The van der Waals surface area contributed by atoms with Gasteiger partial charge in [-0.1, -0.05) is 6.42 Å². The average molecular weight is 334 g/mol. The summed E-state index contributed by atoms with van der Waals surface area (Å²) < 4.78 is 0. The highest BCUT2D eigenvalue weighted by molar-refractivity contribution is 7.12. The van der Waals surface area contributed by atoms with E-state index in [-0.39, 0.29) is 17.7 Å². The quantitative estimate of drug-likeness (QED) is 0.842. The maximum Gasteiger partial charge on any atom is 0.220 e. The molecule has 0 aromatic carbocycles. The van der Waals surface area contributed by atoms with Crippen LogP contribution in [0.5, 0.6) is 0 Å². The van der Waals surface area contributed by atoms with Crippen molar-refractivity contribution in [3.63, 3.8) is 0 Å². The first-order chi connectivity index (χ1) is 11.0. The first-order valence-electron chi connectivity index (χ1n) is 8.68. The van der Waals surface area contributed by atoms with Crippen LogP contribution >= 0.6 is 11.3 Å². The zero-order chi connectivity index (χ0) is 16.4. The Kier molecular flexibility index (Phi) is 5.17. The number of Topliss-reactive ketones (excluding diaryl/α,β-unsaturated/α-hetero) is 1. The van der Waals surface area contributed by atoms with E-state index >= 15 is 0 Å². The SMILES string of the molecule is Cc1cc(C(=O)CCC(=O)N[C@H]2CCN3CCCC[C@H]23)c(C)s1. The van der Waals surface area contributed by atoms with E-state index in [0.29, 0.717) is 18.9 Å². The number of fused-ring (bicyclic) bond motifs is 1. The maximum absolute atomic E-state index is 12.3. The van der Waals surface area contributed by atoms with E-state index in [9.17, 15) is 9.59 Å². The largest absolute Gasteiger partial charge is 0.352 e. The fraction of sp³-hybridized carbons (Fsp3) is 0.667. The van der Waals surface area contributed by atoms with Gasteiger partial charge in [-0.2, -0.15) is 0 Å². The number of hydrogen-bond donors (Lipinski definition) is 1. The molecule has 3 rings (SSSR count). The predicted octanol–water partition coefficient (Wildman–Crippen LogP) is 3.07. The van der Waals surface area contributed by atoms with E-state index in [1.165, 1.54) is 25.8 Å². The molecule has 23 heavy (non-hydrogen) atoms. The van der Waals surface area contributed by atoms with Crippen LogP contribution < -0.4 is 5.32 Å². The van der Waals surface area contributed by atoms with Crippen LogP contribution in [-0.2, 0) is 4.79 Å². The summed E-state index contributed by atoms with van der Waals surface area (Å²) in [5, 5.41) is 3.17. The highest BCUT2D eigenvalue weighted by Gasteiger charge is 2.36. The Labute approximate surface area is 142 Å². The molecule has 0 radical (unpaired) electrons. The summed E-state index contributed by atoms with van der Waals surface area (Å²) in [7, 11) is 0. The van der Waals surface area contributed by atoms with Gasteiger partial charge in [-0.3, -0.25) is 14.5 Å². The minimum absolute atomic E-state index is 0.0281. The van der Waals surface area contributed by atoms with E-state index in [1.54, 1.807) is 11.3 Å². The number of amides is 1. The first-order valence-corrected chi connectivity index (χ1v) is 9.50. The number of nitrogens with one attached hydrogen (secondary N) is 1. The van der Waals surface area contributed by atoms with E-state index in [4.69, 9.17) is 0 Å². The Balaban J connectivity index is 1.48. The van der Waals surface area contributed by atoms with Crippen LogP contribution in [0.25, 0.3) is 0 Å². The smallest absolute Gasteiger partial charge is 0.220 e. The zero-order valence-corrected chi connectivity index (χ0v) is 14.9. The van der Waals surface area contributed by atoms with Crippen molar-refractivity contribution in [2.24, 2.45) is 0 Å². The normalized spacial score (nSPS) is 24.4. The van der Waals surface area contributed by atoms with Gasteiger partial charge in [0.1, 0.15) is 0 Å². The second kappa shape index (κ2) is 7.14. The summed E-state index contributed by atoms with van der Waals surface area (Å²) in [5.74, 6) is 0.119. The molecular formula is C18H26N2O2S. The van der Waals surface area contributed by atoms with Crippen LogP contribution in [0.4, 0.5) is 0 Å². The second-order valence-electron chi connectivity index (χ2n) is 6.81. The zero-order valence-electron chi connectivity index (χ0n) is 14.1. The summed E-state index contributed by atoms with van der Waals surface area (Å²) in [6, 6.07) is 2.74. The van der Waals surface area contributed by atoms with Gasteiger partial charge in [0.15, 0.2) is 5.78 Å². The topological polar surface area (TPSA) is 49.4 Å². The van der Waals surface area contributed by atoms with Crippen LogP contribution in [0, 0.1) is 13.8 Å². The van der Waals surface area contributed by atoms with Crippen molar-refractivity contribution in [3.05, 3.63) is 21.4 Å². The minimum atomic E-state index is 0.0281. The van der Waals surface area contributed by atoms with Crippen LogP contribution in [0.2, 0.25) is 0 Å². The molecule has 2 aliphatic rings. The van der Waals surface area contributed by atoms with Gasteiger partial charge in [0.05, 0.1) is 0 Å². The molecule has 2 aliphatic heterocycles. The molecule has 2 atom stereocenters. The lowest BCUT2D eigenvalue weighted by Gasteiger charge is -2.32. The summed E-state index contributed by atoms with van der Waals surface area (Å²) in [6.45, 7) is 6.26. The molecule has 1 aromatic rings. The molecule has 0 bridgehead atoms. The van der Waals surface area contributed by atoms with Crippen LogP contribution in [0.1, 0.15) is 58.6 Å². The Morgan fingerprint density at radius 1 is 1.22 bits per heavy atom. The van der Waals surface area contributed by atoms with Crippen LogP contribution in [0.3, 0.4) is 0 Å². The number of thiophene rings is 1. The van der Waals surface area contributed by atoms with Gasteiger partial charge in [0.25, 0.3) is 0 Å². The van der Waals surface area contributed by atoms with Crippen molar-refractivity contribution in [3.8, 4) is 0 Å². The molecule has 0 spiro atoms. The van der Waals surface area contributed by atoms with E-state index in [2.05, 4.69) is 10.2 Å². The lowest BCUT2D eigenvalue weighted by atomic mass is 9.99. The van der Waals surface area contributed by atoms with E-state index in [1.807, 2.05) is 19.9 Å². The highest BCUT2D eigenvalue weighted by Crippen LogP contribution is 2.27. The summed E-state index contributed by atoms with van der Waals surface area (Å²) in [6.07, 6.45) is 5.40. The number of aryl methyl sites for hydroxylation is 2. The van der Waals surface area contributed by atoms with Gasteiger partial charge < -0.3 is 5.32 Å². The van der Waals surface area contributed by atoms with Gasteiger partial charge in [-0.15, -0.1) is 11.3 Å². The molecule has 1 aromatic heterocycles. The van der Waals surface area contributed by atoms with Crippen LogP contribution in [0.15, 0.2) is 6.07 Å². The molecule has 3 heterocycles. The summed E-state index contributed by atoms with van der Waals surface area (Å²) >= 11 is 1.64. The third kappa shape index (κ3) is 3.83. The molecule has 1 amide bonds. The minimum Gasteiger partial charge on any atom is -0.352 e. The monoisotopic (exact) mass is 334 g/mol. The van der Waals surface area contributed by atoms with E-state index in [0.717, 1.165) is 28.3 Å². The Hall–Kier alpha value is -1.20. The van der Waals surface area contributed by atoms with Gasteiger partial charge in [0, 0.05) is 46.8 Å². The lowest BCUT2D eigenvalue weighted by molar-refractivity contribution is -0.122. The summed E-state index contributed by atoms with van der Waals surface area (Å²) in [4.78, 5) is 29.2. The number of carbonyl (C=O) groups is 2. The molecule has 2 saturated heterocycles. The Morgan fingerprint density at radius 3 is 2.78 bits per heavy atom. The molecule has 126 valence electrons. The predicted molar refractivity (Wildman–Crippen MR) is 93.1 cm³/mol. The summed E-state index contributed by atoms with van der Waals surface area (Å²) in [5.41, 5.74) is 0.791. The number of carbonyl (C=O) groups excluding carboxylic acids is 2. The average Bonchev–Trinajstić information content (AvgIpc) is 3.08. The second-order valence-corrected chi connectivity index (χ2v) is 8.27. The molecule has 5 heteroatoms. The van der Waals surface area contributed by atoms with Gasteiger partial charge >= 0.3 is 0 Å². The number of rotatable bonds is 5. The van der Waals surface area contributed by atoms with Gasteiger partial charge in [-0.25, -0.2) is 0 Å². The molecule has 4 nitrogen and oxygen atoms in total. The molecule has 2 fully saturated rings. The number of piperidine rings is 1. The molecular weight excluding hydrogens is 308 g/mol. The van der Waals surface area contributed by atoms with Crippen molar-refractivity contribution >= 4 is 23.0 Å². The number of nitrogens with zero attached hydrogens (tertiary/aromatic N) is 1. The maximum atomic E-state index is 12.3. The molecule has 0 unspecified atom stereocenters. The van der Waals surface area contributed by atoms with Crippen molar-refractivity contribution in [2.45, 2.75) is 64.5 Å². The number of ketones is 1. The lowest BCUT2D eigenvalue weighted by Crippen LogP contribution is -2.46. The van der Waals surface area contributed by atoms with Crippen molar-refractivity contribution in [1.82, 2.24) is 10.2 Å². The van der Waals surface area contributed by atoms with Crippen LogP contribution in [-0.4, -0.2) is 41.8 Å². The Morgan fingerprint density at radius 2 is 2.04 bits per heavy atom. The molecule has 1 N–H and O–H groups in total. The third-order valence-corrected chi connectivity index (χ3v) is 6.09. The fourth-order valence-corrected chi connectivity index (χ4v) is 4.91. The number of hydrogen-bond acceptors (Lipinski definition) is 4. The first kappa shape index (κ1) is 16.7. The Bertz CT molecular complexity index is 596. The van der Waals surface area contributed by atoms with Gasteiger partial charge in [-0.05, 0) is 45.7 Å². The standard InChI is InChI=1S/C18H26N2O2S/c1-12-11-14(13(2)23-12)17(21)6-7-18(22)19-15-8-10-20-9-4-3-5-16(15)20/h11,15-16H,3-10H2,1-2H3,(H,19,22)/t15-,16+/m0/s1. The molecule has 0 saturated carbocycles.